The van der Waals surface area contributed by atoms with Gasteiger partial charge in [-0.3, -0.25) is 0 Å². The second kappa shape index (κ2) is 8.98. The van der Waals surface area contributed by atoms with E-state index in [1.807, 2.05) is 10.5 Å². The van der Waals surface area contributed by atoms with Crippen molar-refractivity contribution in [2.45, 2.75) is 10.5 Å². The Labute approximate surface area is 163 Å². The predicted molar refractivity (Wildman–Crippen MR) is 104 cm³/mol. The summed E-state index contributed by atoms with van der Waals surface area (Å²) in [5, 5.41) is 14.0. The molecule has 0 aromatic heterocycles. The van der Waals surface area contributed by atoms with Gasteiger partial charge in [0.15, 0.2) is 0 Å². The summed E-state index contributed by atoms with van der Waals surface area (Å²) < 4.78 is 26.4. The minimum Gasteiger partial charge on any atom is -0.147 e. The van der Waals surface area contributed by atoms with Crippen LogP contribution in [0.25, 0.3) is 0 Å². The molecule has 1 saturated heterocycles. The Morgan fingerprint density at radius 1 is 0.600 bits per heavy atom. The SMILES string of the molecule is C[O][Ti]([CH3])([CH3])([O]C)([O]C)([O]C)[N]1CCNCCNCCNCC1.Cl.Cl. The van der Waals surface area contributed by atoms with Crippen LogP contribution < -0.4 is 16.0 Å². The summed E-state index contributed by atoms with van der Waals surface area (Å²) in [7, 11) is 6.42. The predicted octanol–water partition coefficient (Wildman–Crippen LogP) is 0.932. The zero-order valence-electron chi connectivity index (χ0n) is 16.6. The number of nitrogens with zero attached hydrogens (tertiary/aromatic N) is 1. The molecule has 0 aromatic carbocycles. The first-order valence-corrected chi connectivity index (χ1v) is 14.8. The Morgan fingerprint density at radius 2 is 0.880 bits per heavy atom. The molecule has 1 fully saturated rings. The molecule has 1 aliphatic heterocycles. The van der Waals surface area contributed by atoms with Crippen LogP contribution in [0.3, 0.4) is 0 Å². The maximum Gasteiger partial charge on any atom is -0.147 e. The van der Waals surface area contributed by atoms with E-state index in [0.717, 1.165) is 39.3 Å². The van der Waals surface area contributed by atoms with Crippen molar-refractivity contribution in [2.24, 2.45) is 0 Å². The fourth-order valence-electron chi connectivity index (χ4n) is 3.10. The first-order valence-electron chi connectivity index (χ1n) is 8.43. The summed E-state index contributed by atoms with van der Waals surface area (Å²) in [5.41, 5.74) is 0. The average Bonchev–Trinajstić information content (AvgIpc) is 2.57. The van der Waals surface area contributed by atoms with Gasteiger partial charge in [-0.25, -0.2) is 0 Å². The molecule has 0 unspecified atom stereocenters. The molecule has 25 heavy (non-hydrogen) atoms. The van der Waals surface area contributed by atoms with E-state index in [1.165, 1.54) is 0 Å². The van der Waals surface area contributed by atoms with Crippen LogP contribution in [0.15, 0.2) is 0 Å². The number of nitrogens with one attached hydrogen (secondary N) is 3. The first kappa shape index (κ1) is 28.2. The number of halogens is 2. The van der Waals surface area contributed by atoms with Crippen molar-refractivity contribution in [3.63, 3.8) is 0 Å². The molecule has 0 bridgehead atoms. The normalized spacial score (nSPS) is 23.2. The van der Waals surface area contributed by atoms with Crippen LogP contribution in [-0.2, 0) is 27.8 Å². The van der Waals surface area contributed by atoms with Gasteiger partial charge in [-0.2, -0.15) is 0 Å². The summed E-state index contributed by atoms with van der Waals surface area (Å²) in [6, 6.07) is 0. The summed E-state index contributed by atoms with van der Waals surface area (Å²) in [5.74, 6) is 0. The van der Waals surface area contributed by atoms with Crippen molar-refractivity contribution in [1.82, 2.24) is 19.3 Å². The molecule has 8 nitrogen and oxygen atoms in total. The van der Waals surface area contributed by atoms with Crippen LogP contribution in [-0.4, -0.2) is 84.2 Å². The second-order valence-electron chi connectivity index (χ2n) is 7.50. The average molecular weight is 446 g/mol. The zero-order chi connectivity index (χ0) is 17.6. The van der Waals surface area contributed by atoms with Gasteiger partial charge < -0.3 is 0 Å². The van der Waals surface area contributed by atoms with Crippen LogP contribution in [0.2, 0.25) is 10.5 Å². The van der Waals surface area contributed by atoms with E-state index in [0.29, 0.717) is 13.1 Å². The van der Waals surface area contributed by atoms with E-state index in [2.05, 4.69) is 19.3 Å². The molecular weight excluding hydrogens is 407 g/mol. The third-order valence-corrected chi connectivity index (χ3v) is 19.9. The van der Waals surface area contributed by atoms with E-state index in [9.17, 15) is 0 Å². The van der Waals surface area contributed by atoms with E-state index in [4.69, 9.17) is 13.3 Å². The Kier molecular flexibility index (Phi) is 10.1. The summed E-state index contributed by atoms with van der Waals surface area (Å²) >= 11 is -5.73. The molecule has 0 spiro atoms. The maximum atomic E-state index is 6.08. The van der Waals surface area contributed by atoms with Gasteiger partial charge in [0.2, 0.25) is 0 Å². The monoisotopic (exact) mass is 445 g/mol. The van der Waals surface area contributed by atoms with Gasteiger partial charge in [0.25, 0.3) is 0 Å². The maximum absolute atomic E-state index is 6.08. The van der Waals surface area contributed by atoms with Crippen LogP contribution in [0.4, 0.5) is 0 Å². The van der Waals surface area contributed by atoms with Gasteiger partial charge in [-0.05, 0) is 0 Å². The van der Waals surface area contributed by atoms with Crippen LogP contribution in [0, 0.1) is 0 Å². The Hall–Kier alpha value is 0.974. The minimum atomic E-state index is -5.73. The van der Waals surface area contributed by atoms with Gasteiger partial charge in [-0.1, -0.05) is 0 Å². The van der Waals surface area contributed by atoms with Crippen molar-refractivity contribution in [3.8, 4) is 0 Å². The van der Waals surface area contributed by atoms with Crippen molar-refractivity contribution < 1.29 is 27.8 Å². The molecule has 1 rings (SSSR count). The number of rotatable bonds is 5. The van der Waals surface area contributed by atoms with E-state index < -0.39 is 14.6 Å². The van der Waals surface area contributed by atoms with Crippen LogP contribution in [0.5, 0.6) is 0 Å². The second-order valence-corrected chi connectivity index (χ2v) is 21.8. The molecule has 157 valence electrons. The van der Waals surface area contributed by atoms with Gasteiger partial charge in [0.1, 0.15) is 0 Å². The molecule has 0 radical (unpaired) electrons. The van der Waals surface area contributed by atoms with E-state index in [1.54, 1.807) is 28.4 Å². The summed E-state index contributed by atoms with van der Waals surface area (Å²) in [4.78, 5) is 0. The summed E-state index contributed by atoms with van der Waals surface area (Å²) in [6.07, 6.45) is 0. The standard InChI is InChI=1S/C8H19N4.4CH3O.2CH3.2ClH.Ti/c1-2-10-5-6-12-8-7-11-4-3-9-1;4*1-2;;;;;/h9-11H,1-8H2;4*1H3;2*1H3;2*1H;/q5*-1;;;;;+5. The topological polar surface area (TPSA) is 76.2 Å². The molecule has 1 heterocycles. The Morgan fingerprint density at radius 3 is 1.16 bits per heavy atom. The largest absolute Gasteiger partial charge is 0.147 e. The van der Waals surface area contributed by atoms with E-state index >= 15 is 0 Å². The fourth-order valence-corrected chi connectivity index (χ4v) is 9.16. The van der Waals surface area contributed by atoms with Gasteiger partial charge in [0.05, 0.1) is 0 Å². The Balaban J connectivity index is 0. The molecule has 11 heteroatoms. The zero-order valence-corrected chi connectivity index (χ0v) is 19.7. The molecule has 3 N–H and O–H groups in total. The van der Waals surface area contributed by atoms with Crippen molar-refractivity contribution >= 4 is 24.8 Å². The molecule has 0 aromatic rings. The summed E-state index contributed by atoms with van der Waals surface area (Å²) in [6.45, 7) is 6.66. The minimum absolute atomic E-state index is 0. The molecule has 1 aliphatic rings. The van der Waals surface area contributed by atoms with E-state index in [-0.39, 0.29) is 24.8 Å². The Bertz CT molecular complexity index is 388. The molecular formula is C14H39Cl2N4O4Ti. The first-order chi connectivity index (χ1) is 10.7. The molecule has 0 saturated carbocycles. The van der Waals surface area contributed by atoms with Crippen molar-refractivity contribution in [2.75, 3.05) is 80.8 Å². The number of hydrogen-bond donors (Lipinski definition) is 3. The van der Waals surface area contributed by atoms with Gasteiger partial charge in [0, 0.05) is 0 Å². The fraction of sp³-hybridized carbons (Fsp3) is 1.00. The van der Waals surface area contributed by atoms with Gasteiger partial charge >= 0.3 is 138 Å². The third kappa shape index (κ3) is 5.07. The smallest absolute Gasteiger partial charge is 0.147 e. The van der Waals surface area contributed by atoms with Crippen LogP contribution in [0.1, 0.15) is 0 Å². The van der Waals surface area contributed by atoms with Crippen LogP contribution >= 0.6 is 24.8 Å². The van der Waals surface area contributed by atoms with Gasteiger partial charge in [-0.15, -0.1) is 24.8 Å². The quantitative estimate of drug-likeness (QED) is 0.539. The van der Waals surface area contributed by atoms with Crippen molar-refractivity contribution in [1.29, 1.82) is 0 Å². The molecule has 0 aliphatic carbocycles. The third-order valence-electron chi connectivity index (χ3n) is 6.22. The van der Waals surface area contributed by atoms with Crippen molar-refractivity contribution in [3.05, 3.63) is 0 Å². The molecule has 0 amide bonds. The molecule has 0 atom stereocenters. The number of hydrogen-bond acceptors (Lipinski definition) is 8.